The number of thioether (sulfide) groups is 1. The molecule has 0 aliphatic rings. The molecule has 0 spiro atoms. The lowest BCUT2D eigenvalue weighted by Crippen LogP contribution is -2.21. The van der Waals surface area contributed by atoms with Crippen LogP contribution in [0.2, 0.25) is 0 Å². The Kier molecular flexibility index (Phi) is 6.03. The van der Waals surface area contributed by atoms with Gasteiger partial charge in [-0.1, -0.05) is 36.0 Å². The quantitative estimate of drug-likeness (QED) is 0.515. The number of benzene rings is 2. The van der Waals surface area contributed by atoms with E-state index in [4.69, 9.17) is 4.74 Å². The Balaban J connectivity index is 1.49. The molecule has 2 aromatic carbocycles. The molecule has 0 fully saturated rings. The average Bonchev–Trinajstić information content (AvgIpc) is 2.65. The lowest BCUT2D eigenvalue weighted by molar-refractivity contribution is -0.144. The predicted molar refractivity (Wildman–Crippen MR) is 103 cm³/mol. The molecule has 1 amide bonds. The van der Waals surface area contributed by atoms with Gasteiger partial charge in [0.25, 0.3) is 5.91 Å². The standard InChI is InChI=1S/C20H17FN2O3S/c1-13-9-19(23-17-8-3-2-7-16(13)17)27-12-20(25)26-11-18(24)22-15-6-4-5-14(21)10-15/h2-10H,11-12H2,1H3,(H,22,24). The number of hydrogen-bond donors (Lipinski definition) is 1. The van der Waals surface area contributed by atoms with Crippen molar-refractivity contribution >= 4 is 40.2 Å². The van der Waals surface area contributed by atoms with Crippen LogP contribution >= 0.6 is 11.8 Å². The molecule has 1 N–H and O–H groups in total. The molecule has 3 rings (SSSR count). The Bertz CT molecular complexity index is 994. The Hall–Kier alpha value is -2.93. The minimum atomic E-state index is -0.529. The van der Waals surface area contributed by atoms with Gasteiger partial charge in [-0.05, 0) is 42.8 Å². The van der Waals surface area contributed by atoms with Crippen LogP contribution in [0.4, 0.5) is 10.1 Å². The van der Waals surface area contributed by atoms with Crippen LogP contribution < -0.4 is 5.32 Å². The zero-order chi connectivity index (χ0) is 19.2. The van der Waals surface area contributed by atoms with E-state index in [9.17, 15) is 14.0 Å². The number of rotatable bonds is 6. The van der Waals surface area contributed by atoms with Crippen LogP contribution in [0.1, 0.15) is 5.56 Å². The third-order valence-corrected chi connectivity index (χ3v) is 4.59. The Labute approximate surface area is 159 Å². The third-order valence-electron chi connectivity index (χ3n) is 3.71. The van der Waals surface area contributed by atoms with Gasteiger partial charge in [0.05, 0.1) is 16.3 Å². The molecule has 0 bridgehead atoms. The Morgan fingerprint density at radius 1 is 1.15 bits per heavy atom. The first kappa shape index (κ1) is 18.8. The van der Waals surface area contributed by atoms with E-state index in [0.717, 1.165) is 16.5 Å². The topological polar surface area (TPSA) is 68.3 Å². The summed E-state index contributed by atoms with van der Waals surface area (Å²) in [5.74, 6) is -1.47. The van der Waals surface area contributed by atoms with Crippen LogP contribution in [0.25, 0.3) is 10.9 Å². The van der Waals surface area contributed by atoms with Crippen molar-refractivity contribution in [2.24, 2.45) is 0 Å². The van der Waals surface area contributed by atoms with E-state index in [0.29, 0.717) is 10.7 Å². The van der Waals surface area contributed by atoms with Crippen LogP contribution in [0.15, 0.2) is 59.6 Å². The van der Waals surface area contributed by atoms with Gasteiger partial charge in [-0.3, -0.25) is 9.59 Å². The minimum absolute atomic E-state index is 0.0397. The van der Waals surface area contributed by atoms with Crippen molar-refractivity contribution in [3.63, 3.8) is 0 Å². The van der Waals surface area contributed by atoms with Crippen LogP contribution in [0.5, 0.6) is 0 Å². The normalized spacial score (nSPS) is 10.6. The highest BCUT2D eigenvalue weighted by Gasteiger charge is 2.10. The maximum Gasteiger partial charge on any atom is 0.316 e. The number of esters is 1. The van der Waals surface area contributed by atoms with Crippen molar-refractivity contribution in [1.29, 1.82) is 0 Å². The second-order valence-corrected chi connectivity index (χ2v) is 6.80. The number of halogens is 1. The number of pyridine rings is 1. The van der Waals surface area contributed by atoms with Gasteiger partial charge in [0, 0.05) is 11.1 Å². The van der Waals surface area contributed by atoms with Gasteiger partial charge < -0.3 is 10.1 Å². The number of para-hydroxylation sites is 1. The van der Waals surface area contributed by atoms with Crippen molar-refractivity contribution in [3.05, 3.63) is 66.0 Å². The number of hydrogen-bond acceptors (Lipinski definition) is 5. The zero-order valence-corrected chi connectivity index (χ0v) is 15.4. The van der Waals surface area contributed by atoms with Gasteiger partial charge in [-0.2, -0.15) is 0 Å². The maximum atomic E-state index is 13.1. The van der Waals surface area contributed by atoms with Crippen LogP contribution in [-0.4, -0.2) is 29.2 Å². The van der Waals surface area contributed by atoms with Gasteiger partial charge in [0.1, 0.15) is 5.82 Å². The van der Waals surface area contributed by atoms with Crippen LogP contribution in [0, 0.1) is 12.7 Å². The van der Waals surface area contributed by atoms with Crippen molar-refractivity contribution in [1.82, 2.24) is 4.98 Å². The molecule has 27 heavy (non-hydrogen) atoms. The molecule has 0 aliphatic carbocycles. The van der Waals surface area contributed by atoms with Crippen LogP contribution in [-0.2, 0) is 14.3 Å². The van der Waals surface area contributed by atoms with E-state index < -0.39 is 24.3 Å². The van der Waals surface area contributed by atoms with E-state index in [1.807, 2.05) is 37.3 Å². The number of carbonyl (C=O) groups is 2. The van der Waals surface area contributed by atoms with Gasteiger partial charge in [0.15, 0.2) is 6.61 Å². The molecular weight excluding hydrogens is 367 g/mol. The van der Waals surface area contributed by atoms with Crippen molar-refractivity contribution in [2.45, 2.75) is 11.9 Å². The molecule has 1 heterocycles. The number of amides is 1. The summed E-state index contributed by atoms with van der Waals surface area (Å²) >= 11 is 1.25. The smallest absolute Gasteiger partial charge is 0.316 e. The molecule has 3 aromatic rings. The lowest BCUT2D eigenvalue weighted by Gasteiger charge is -2.08. The van der Waals surface area contributed by atoms with Gasteiger partial charge in [0.2, 0.25) is 0 Å². The highest BCUT2D eigenvalue weighted by molar-refractivity contribution is 7.99. The van der Waals surface area contributed by atoms with E-state index in [1.54, 1.807) is 6.07 Å². The average molecular weight is 384 g/mol. The van der Waals surface area contributed by atoms with Crippen molar-refractivity contribution < 1.29 is 18.7 Å². The maximum absolute atomic E-state index is 13.1. The van der Waals surface area contributed by atoms with E-state index in [2.05, 4.69) is 10.3 Å². The number of carbonyl (C=O) groups excluding carboxylic acids is 2. The van der Waals surface area contributed by atoms with Gasteiger partial charge in [-0.15, -0.1) is 0 Å². The summed E-state index contributed by atoms with van der Waals surface area (Å²) in [6.07, 6.45) is 0. The van der Waals surface area contributed by atoms with E-state index in [1.165, 1.54) is 30.0 Å². The summed E-state index contributed by atoms with van der Waals surface area (Å²) in [4.78, 5) is 28.1. The number of anilines is 1. The largest absolute Gasteiger partial charge is 0.455 e. The summed E-state index contributed by atoms with van der Waals surface area (Å²) in [7, 11) is 0. The molecule has 0 saturated heterocycles. The summed E-state index contributed by atoms with van der Waals surface area (Å²) < 4.78 is 18.0. The fourth-order valence-electron chi connectivity index (χ4n) is 2.48. The second-order valence-electron chi connectivity index (χ2n) is 5.80. The first-order valence-corrected chi connectivity index (χ1v) is 9.20. The zero-order valence-electron chi connectivity index (χ0n) is 14.6. The SMILES string of the molecule is Cc1cc(SCC(=O)OCC(=O)Nc2cccc(F)c2)nc2ccccc12. The van der Waals surface area contributed by atoms with Crippen LogP contribution in [0.3, 0.4) is 0 Å². The highest BCUT2D eigenvalue weighted by atomic mass is 32.2. The molecule has 1 aromatic heterocycles. The van der Waals surface area contributed by atoms with Gasteiger partial charge >= 0.3 is 5.97 Å². The molecule has 0 unspecified atom stereocenters. The summed E-state index contributed by atoms with van der Waals surface area (Å²) in [6, 6.07) is 15.2. The number of nitrogens with one attached hydrogen (secondary N) is 1. The lowest BCUT2D eigenvalue weighted by atomic mass is 10.1. The summed E-state index contributed by atoms with van der Waals surface area (Å²) in [6.45, 7) is 1.56. The number of aryl methyl sites for hydroxylation is 1. The molecule has 0 saturated carbocycles. The highest BCUT2D eigenvalue weighted by Crippen LogP contribution is 2.23. The summed E-state index contributed by atoms with van der Waals surface area (Å²) in [5.41, 5.74) is 2.25. The van der Waals surface area contributed by atoms with E-state index >= 15 is 0 Å². The fraction of sp³-hybridized carbons (Fsp3) is 0.150. The second kappa shape index (κ2) is 8.64. The monoisotopic (exact) mass is 384 g/mol. The molecule has 0 aliphatic heterocycles. The molecule has 7 heteroatoms. The Morgan fingerprint density at radius 3 is 2.78 bits per heavy atom. The van der Waals surface area contributed by atoms with Crippen molar-refractivity contribution in [3.8, 4) is 0 Å². The summed E-state index contributed by atoms with van der Waals surface area (Å²) in [5, 5.41) is 4.25. The molecule has 0 radical (unpaired) electrons. The molecule has 138 valence electrons. The number of aromatic nitrogens is 1. The third kappa shape index (κ3) is 5.27. The van der Waals surface area contributed by atoms with E-state index in [-0.39, 0.29) is 5.75 Å². The fourth-order valence-corrected chi connectivity index (χ4v) is 3.25. The minimum Gasteiger partial charge on any atom is -0.455 e. The number of ether oxygens (including phenoxy) is 1. The Morgan fingerprint density at radius 2 is 1.96 bits per heavy atom. The number of fused-ring (bicyclic) bond motifs is 1. The first-order valence-electron chi connectivity index (χ1n) is 8.21. The van der Waals surface area contributed by atoms with Crippen molar-refractivity contribution in [2.75, 3.05) is 17.7 Å². The number of nitrogens with zero attached hydrogens (tertiary/aromatic N) is 1. The predicted octanol–water partition coefficient (Wildman–Crippen LogP) is 3.96. The molecular formula is C20H17FN2O3S. The first-order chi connectivity index (χ1) is 13.0. The molecule has 5 nitrogen and oxygen atoms in total. The van der Waals surface area contributed by atoms with Gasteiger partial charge in [-0.25, -0.2) is 9.37 Å². The molecule has 0 atom stereocenters.